The van der Waals surface area contributed by atoms with Crippen LogP contribution in [0.25, 0.3) is 0 Å². The van der Waals surface area contributed by atoms with Gasteiger partial charge in [-0.3, -0.25) is 9.48 Å². The van der Waals surface area contributed by atoms with Crippen molar-refractivity contribution < 1.29 is 9.18 Å². The fraction of sp³-hybridized carbons (Fsp3) is 0.167. The Bertz CT molecular complexity index is 589. The molecule has 0 atom stereocenters. The van der Waals surface area contributed by atoms with Gasteiger partial charge in [0.15, 0.2) is 5.78 Å². The molecule has 2 rings (SSSR count). The average molecular weight is 233 g/mol. The van der Waals surface area contributed by atoms with Crippen molar-refractivity contribution in [3.8, 4) is 0 Å². The van der Waals surface area contributed by atoms with Crippen LogP contribution in [0.3, 0.4) is 0 Å². The van der Waals surface area contributed by atoms with Crippen LogP contribution in [0.5, 0.6) is 0 Å². The van der Waals surface area contributed by atoms with E-state index in [1.54, 1.807) is 14.0 Å². The molecule has 0 amide bonds. The molecule has 2 aromatic rings. The topological polar surface area (TPSA) is 60.9 Å². The van der Waals surface area contributed by atoms with Gasteiger partial charge < -0.3 is 5.73 Å². The number of nitrogen functional groups attached to an aromatic ring is 1. The Balaban J connectivity index is 2.47. The van der Waals surface area contributed by atoms with Gasteiger partial charge in [-0.05, 0) is 30.7 Å². The number of anilines is 1. The van der Waals surface area contributed by atoms with E-state index in [9.17, 15) is 9.18 Å². The summed E-state index contributed by atoms with van der Waals surface area (Å²) in [5.41, 5.74) is 7.08. The number of carbonyl (C=O) groups excluding carboxylic acids is 1. The SMILES string of the molecule is Cc1cc(F)ccc1C(=O)c1cnn(C)c1N. The molecular weight excluding hydrogens is 221 g/mol. The first-order valence-electron chi connectivity index (χ1n) is 5.09. The van der Waals surface area contributed by atoms with Crippen LogP contribution in [0.4, 0.5) is 10.2 Å². The Kier molecular flexibility index (Phi) is 2.67. The lowest BCUT2D eigenvalue weighted by atomic mass is 10.0. The summed E-state index contributed by atoms with van der Waals surface area (Å²) in [6.45, 7) is 1.68. The first-order valence-corrected chi connectivity index (χ1v) is 5.09. The molecule has 0 fully saturated rings. The maximum absolute atomic E-state index is 12.9. The Hall–Kier alpha value is -2.17. The molecule has 0 bridgehead atoms. The van der Waals surface area contributed by atoms with Crippen LogP contribution < -0.4 is 5.73 Å². The molecule has 0 saturated heterocycles. The largest absolute Gasteiger partial charge is 0.383 e. The number of halogens is 1. The lowest BCUT2D eigenvalue weighted by Gasteiger charge is -2.04. The zero-order chi connectivity index (χ0) is 12.6. The average Bonchev–Trinajstić information content (AvgIpc) is 2.59. The molecule has 0 spiro atoms. The second-order valence-corrected chi connectivity index (χ2v) is 3.86. The van der Waals surface area contributed by atoms with Gasteiger partial charge in [0.05, 0.1) is 11.8 Å². The molecule has 1 aromatic carbocycles. The molecule has 2 N–H and O–H groups in total. The maximum Gasteiger partial charge on any atom is 0.198 e. The van der Waals surface area contributed by atoms with Crippen molar-refractivity contribution in [1.82, 2.24) is 9.78 Å². The fourth-order valence-electron chi connectivity index (χ4n) is 1.65. The number of carbonyl (C=O) groups is 1. The van der Waals surface area contributed by atoms with E-state index in [0.717, 1.165) is 0 Å². The summed E-state index contributed by atoms with van der Waals surface area (Å²) in [4.78, 5) is 12.2. The fourth-order valence-corrected chi connectivity index (χ4v) is 1.65. The van der Waals surface area contributed by atoms with Gasteiger partial charge in [0.25, 0.3) is 0 Å². The van der Waals surface area contributed by atoms with Crippen molar-refractivity contribution in [2.24, 2.45) is 7.05 Å². The second kappa shape index (κ2) is 4.01. The molecule has 4 nitrogen and oxygen atoms in total. The van der Waals surface area contributed by atoms with Crippen molar-refractivity contribution in [2.45, 2.75) is 6.92 Å². The molecule has 88 valence electrons. The van der Waals surface area contributed by atoms with Crippen LogP contribution >= 0.6 is 0 Å². The van der Waals surface area contributed by atoms with E-state index in [0.29, 0.717) is 22.5 Å². The third-order valence-corrected chi connectivity index (χ3v) is 2.66. The highest BCUT2D eigenvalue weighted by atomic mass is 19.1. The maximum atomic E-state index is 12.9. The lowest BCUT2D eigenvalue weighted by Crippen LogP contribution is -2.07. The molecule has 0 aliphatic carbocycles. The van der Waals surface area contributed by atoms with E-state index in [1.165, 1.54) is 29.1 Å². The number of aromatic nitrogens is 2. The molecule has 0 radical (unpaired) electrons. The van der Waals surface area contributed by atoms with E-state index in [4.69, 9.17) is 5.73 Å². The summed E-state index contributed by atoms with van der Waals surface area (Å²) in [6, 6.07) is 4.03. The highest BCUT2D eigenvalue weighted by Gasteiger charge is 2.17. The molecule has 5 heteroatoms. The molecule has 1 aromatic heterocycles. The highest BCUT2D eigenvalue weighted by molar-refractivity contribution is 6.12. The van der Waals surface area contributed by atoms with Crippen molar-refractivity contribution in [3.63, 3.8) is 0 Å². The number of aryl methyl sites for hydroxylation is 2. The molecule has 1 heterocycles. The molecule has 0 saturated carbocycles. The Morgan fingerprint density at radius 3 is 2.65 bits per heavy atom. The number of nitrogens with zero attached hydrogens (tertiary/aromatic N) is 2. The van der Waals surface area contributed by atoms with E-state index < -0.39 is 0 Å². The minimum Gasteiger partial charge on any atom is -0.383 e. The number of hydrogen-bond donors (Lipinski definition) is 1. The van der Waals surface area contributed by atoms with Crippen LogP contribution in [0.2, 0.25) is 0 Å². The van der Waals surface area contributed by atoms with Gasteiger partial charge in [0, 0.05) is 12.6 Å². The summed E-state index contributed by atoms with van der Waals surface area (Å²) in [5, 5.41) is 3.91. The standard InChI is InChI=1S/C12H12FN3O/c1-7-5-8(13)3-4-9(7)11(17)10-6-15-16(2)12(10)14/h3-6H,14H2,1-2H3. The van der Waals surface area contributed by atoms with E-state index in [1.807, 2.05) is 0 Å². The number of rotatable bonds is 2. The molecule has 0 aliphatic heterocycles. The van der Waals surface area contributed by atoms with Gasteiger partial charge in [-0.25, -0.2) is 4.39 Å². The quantitative estimate of drug-likeness (QED) is 0.803. The van der Waals surface area contributed by atoms with Gasteiger partial charge in [-0.1, -0.05) is 0 Å². The third kappa shape index (κ3) is 1.91. The molecule has 17 heavy (non-hydrogen) atoms. The minimum atomic E-state index is -0.363. The number of hydrogen-bond acceptors (Lipinski definition) is 3. The smallest absolute Gasteiger partial charge is 0.198 e. The summed E-state index contributed by atoms with van der Waals surface area (Å²) in [6.07, 6.45) is 1.42. The summed E-state index contributed by atoms with van der Waals surface area (Å²) in [7, 11) is 1.66. The van der Waals surface area contributed by atoms with Crippen LogP contribution in [0, 0.1) is 12.7 Å². The zero-order valence-corrected chi connectivity index (χ0v) is 9.57. The third-order valence-electron chi connectivity index (χ3n) is 2.66. The number of ketones is 1. The van der Waals surface area contributed by atoms with Crippen LogP contribution in [0.15, 0.2) is 24.4 Å². The van der Waals surface area contributed by atoms with Gasteiger partial charge in [0.1, 0.15) is 11.6 Å². The predicted octanol–water partition coefficient (Wildman–Crippen LogP) is 1.68. The van der Waals surface area contributed by atoms with E-state index in [2.05, 4.69) is 5.10 Å². The van der Waals surface area contributed by atoms with Crippen LogP contribution in [-0.4, -0.2) is 15.6 Å². The van der Waals surface area contributed by atoms with Gasteiger partial charge in [-0.2, -0.15) is 5.10 Å². The van der Waals surface area contributed by atoms with Crippen molar-refractivity contribution in [3.05, 3.63) is 46.9 Å². The van der Waals surface area contributed by atoms with Gasteiger partial charge in [0.2, 0.25) is 0 Å². The second-order valence-electron chi connectivity index (χ2n) is 3.86. The summed E-state index contributed by atoms with van der Waals surface area (Å²) < 4.78 is 14.4. The lowest BCUT2D eigenvalue weighted by molar-refractivity contribution is 0.103. The van der Waals surface area contributed by atoms with Crippen molar-refractivity contribution in [1.29, 1.82) is 0 Å². The van der Waals surface area contributed by atoms with Gasteiger partial charge in [-0.15, -0.1) is 0 Å². The zero-order valence-electron chi connectivity index (χ0n) is 9.57. The van der Waals surface area contributed by atoms with E-state index >= 15 is 0 Å². The highest BCUT2D eigenvalue weighted by Crippen LogP contribution is 2.18. The van der Waals surface area contributed by atoms with Crippen molar-refractivity contribution in [2.75, 3.05) is 5.73 Å². The minimum absolute atomic E-state index is 0.242. The molecule has 0 unspecified atom stereocenters. The normalized spacial score (nSPS) is 10.5. The summed E-state index contributed by atoms with van der Waals surface area (Å²) in [5.74, 6) is -0.301. The van der Waals surface area contributed by atoms with Crippen molar-refractivity contribution >= 4 is 11.6 Å². The first-order chi connectivity index (χ1) is 8.00. The number of nitrogens with two attached hydrogens (primary N) is 1. The molecule has 0 aliphatic rings. The monoisotopic (exact) mass is 233 g/mol. The molecular formula is C12H12FN3O. The summed E-state index contributed by atoms with van der Waals surface area (Å²) >= 11 is 0. The Morgan fingerprint density at radius 1 is 1.41 bits per heavy atom. The van der Waals surface area contributed by atoms with Gasteiger partial charge >= 0.3 is 0 Å². The Labute approximate surface area is 97.9 Å². The van der Waals surface area contributed by atoms with E-state index in [-0.39, 0.29) is 11.6 Å². The first kappa shape index (κ1) is 11.3. The Morgan fingerprint density at radius 2 is 2.12 bits per heavy atom. The number of benzene rings is 1. The van der Waals surface area contributed by atoms with Crippen LogP contribution in [0.1, 0.15) is 21.5 Å². The van der Waals surface area contributed by atoms with Crippen LogP contribution in [-0.2, 0) is 7.05 Å². The predicted molar refractivity (Wildman–Crippen MR) is 62.2 cm³/mol.